The number of nitrogens with one attached hydrogen (secondary N) is 2. The second kappa shape index (κ2) is 7.67. The van der Waals surface area contributed by atoms with Crippen LogP contribution in [0, 0.1) is 28.9 Å². The Balaban J connectivity index is 1.63. The predicted molar refractivity (Wildman–Crippen MR) is 124 cm³/mol. The highest BCUT2D eigenvalue weighted by Crippen LogP contribution is 2.54. The predicted octanol–water partition coefficient (Wildman–Crippen LogP) is 2.58. The third-order valence-electron chi connectivity index (χ3n) is 6.89. The Labute approximate surface area is 194 Å². The van der Waals surface area contributed by atoms with Gasteiger partial charge in [0.15, 0.2) is 0 Å². The van der Waals surface area contributed by atoms with E-state index in [0.29, 0.717) is 28.9 Å². The monoisotopic (exact) mass is 466 g/mol. The van der Waals surface area contributed by atoms with Gasteiger partial charge in [-0.3, -0.25) is 29.8 Å². The molecule has 3 aliphatic rings. The van der Waals surface area contributed by atoms with E-state index >= 15 is 0 Å². The Morgan fingerprint density at radius 1 is 1.15 bits per heavy atom. The summed E-state index contributed by atoms with van der Waals surface area (Å²) in [5.41, 5.74) is 0.612. The van der Waals surface area contributed by atoms with Crippen LogP contribution >= 0.6 is 11.8 Å². The topological polar surface area (TPSA) is 122 Å². The van der Waals surface area contributed by atoms with Crippen molar-refractivity contribution in [3.63, 3.8) is 0 Å². The van der Waals surface area contributed by atoms with E-state index in [-0.39, 0.29) is 23.5 Å². The Morgan fingerprint density at radius 3 is 2.61 bits per heavy atom. The van der Waals surface area contributed by atoms with Gasteiger partial charge in [-0.05, 0) is 43.0 Å². The van der Waals surface area contributed by atoms with Crippen molar-refractivity contribution in [1.29, 1.82) is 0 Å². The molecular weight excluding hydrogens is 444 g/mol. The molecular formula is C23H22N4O5S. The first kappa shape index (κ1) is 21.6. The van der Waals surface area contributed by atoms with Gasteiger partial charge in [0.05, 0.1) is 22.4 Å². The summed E-state index contributed by atoms with van der Waals surface area (Å²) in [5.74, 6) is -2.04. The maximum Gasteiger partial charge on any atom is 0.269 e. The average molecular weight is 467 g/mol. The van der Waals surface area contributed by atoms with Gasteiger partial charge in [-0.25, -0.2) is 4.90 Å². The smallest absolute Gasteiger partial charge is 0.269 e. The first-order valence-corrected chi connectivity index (χ1v) is 12.0. The molecule has 2 N–H and O–H groups in total. The number of non-ortho nitro benzene ring substituents is 1. The molecule has 0 radical (unpaired) electrons. The number of hydrogen-bond donors (Lipinski definition) is 2. The average Bonchev–Trinajstić information content (AvgIpc) is 3.37. The molecule has 0 aliphatic carbocycles. The van der Waals surface area contributed by atoms with Crippen LogP contribution in [0.2, 0.25) is 0 Å². The van der Waals surface area contributed by atoms with Gasteiger partial charge >= 0.3 is 0 Å². The summed E-state index contributed by atoms with van der Waals surface area (Å²) < 4.78 is 0. The van der Waals surface area contributed by atoms with Gasteiger partial charge in [0.2, 0.25) is 17.7 Å². The summed E-state index contributed by atoms with van der Waals surface area (Å²) in [7, 11) is 0. The highest BCUT2D eigenvalue weighted by Gasteiger charge is 2.70. The number of hydrogen-bond acceptors (Lipinski definition) is 7. The van der Waals surface area contributed by atoms with Gasteiger partial charge in [0.25, 0.3) is 5.69 Å². The van der Waals surface area contributed by atoms with Crippen molar-refractivity contribution in [3.8, 4) is 0 Å². The zero-order valence-corrected chi connectivity index (χ0v) is 18.8. The van der Waals surface area contributed by atoms with E-state index in [0.717, 1.165) is 10.7 Å². The van der Waals surface area contributed by atoms with Crippen molar-refractivity contribution >= 4 is 46.5 Å². The molecule has 0 saturated carbocycles. The summed E-state index contributed by atoms with van der Waals surface area (Å²) in [5, 5.41) is 17.4. The Kier molecular flexibility index (Phi) is 5.02. The summed E-state index contributed by atoms with van der Waals surface area (Å²) >= 11 is 1.63. The zero-order chi connectivity index (χ0) is 23.5. The number of thioether (sulfide) groups is 1. The molecule has 10 heteroatoms. The summed E-state index contributed by atoms with van der Waals surface area (Å²) in [6, 6.07) is 10.9. The first-order chi connectivity index (χ1) is 15.8. The molecule has 3 heterocycles. The SMILES string of the molecule is CSCC[C@@H]1N[C@]2(C(=O)Nc3ccccc32)[C@H]2C(=O)N(c3ccc([N+](=O)[O-])cc3C)C(=O)[C@H]12. The number of nitro benzene ring substituents is 1. The summed E-state index contributed by atoms with van der Waals surface area (Å²) in [6.07, 6.45) is 2.58. The van der Waals surface area contributed by atoms with Crippen LogP contribution in [0.3, 0.4) is 0 Å². The fraction of sp³-hybridized carbons (Fsp3) is 0.348. The van der Waals surface area contributed by atoms with Crippen LogP contribution < -0.4 is 15.5 Å². The molecule has 0 aromatic heterocycles. The Morgan fingerprint density at radius 2 is 1.91 bits per heavy atom. The number of anilines is 2. The van der Waals surface area contributed by atoms with E-state index in [4.69, 9.17) is 0 Å². The third kappa shape index (κ3) is 2.94. The maximum absolute atomic E-state index is 13.9. The number of nitrogens with zero attached hydrogens (tertiary/aromatic N) is 2. The fourth-order valence-electron chi connectivity index (χ4n) is 5.49. The number of aryl methyl sites for hydroxylation is 1. The minimum Gasteiger partial charge on any atom is -0.324 e. The number of fused-ring (bicyclic) bond motifs is 4. The van der Waals surface area contributed by atoms with Crippen LogP contribution in [0.1, 0.15) is 17.5 Å². The van der Waals surface area contributed by atoms with E-state index in [9.17, 15) is 24.5 Å². The van der Waals surface area contributed by atoms with Crippen LogP contribution in [-0.2, 0) is 19.9 Å². The highest BCUT2D eigenvalue weighted by atomic mass is 32.2. The van der Waals surface area contributed by atoms with Crippen LogP contribution in [0.5, 0.6) is 0 Å². The second-order valence-corrected chi connectivity index (χ2v) is 9.57. The van der Waals surface area contributed by atoms with Crippen LogP contribution in [0.25, 0.3) is 0 Å². The number of amides is 3. The normalized spacial score (nSPS) is 27.8. The van der Waals surface area contributed by atoms with Gasteiger partial charge in [-0.2, -0.15) is 11.8 Å². The maximum atomic E-state index is 13.9. The lowest BCUT2D eigenvalue weighted by Crippen LogP contribution is -2.53. The molecule has 3 amide bonds. The van der Waals surface area contributed by atoms with E-state index in [1.54, 1.807) is 24.8 Å². The second-order valence-electron chi connectivity index (χ2n) is 8.58. The number of carbonyl (C=O) groups excluding carboxylic acids is 3. The first-order valence-electron chi connectivity index (χ1n) is 10.6. The number of nitro groups is 1. The molecule has 0 bridgehead atoms. The van der Waals surface area contributed by atoms with E-state index in [1.165, 1.54) is 18.2 Å². The molecule has 3 aliphatic heterocycles. The number of para-hydroxylation sites is 1. The Hall–Kier alpha value is -3.24. The van der Waals surface area contributed by atoms with E-state index in [1.807, 2.05) is 24.5 Å². The molecule has 2 aromatic carbocycles. The van der Waals surface area contributed by atoms with Crippen molar-refractivity contribution in [2.75, 3.05) is 22.2 Å². The quantitative estimate of drug-likeness (QED) is 0.395. The molecule has 2 aromatic rings. The summed E-state index contributed by atoms with van der Waals surface area (Å²) in [6.45, 7) is 1.63. The van der Waals surface area contributed by atoms with Gasteiger partial charge < -0.3 is 5.32 Å². The Bertz CT molecular complexity index is 1220. The van der Waals surface area contributed by atoms with Crippen LogP contribution in [-0.4, -0.2) is 40.7 Å². The van der Waals surface area contributed by atoms with Crippen molar-refractivity contribution in [1.82, 2.24) is 5.32 Å². The lowest BCUT2D eigenvalue weighted by Gasteiger charge is -2.29. The van der Waals surface area contributed by atoms with E-state index in [2.05, 4.69) is 10.6 Å². The lowest BCUT2D eigenvalue weighted by molar-refractivity contribution is -0.384. The molecule has 5 rings (SSSR count). The van der Waals surface area contributed by atoms with Crippen LogP contribution in [0.4, 0.5) is 17.1 Å². The van der Waals surface area contributed by atoms with Gasteiger partial charge in [-0.15, -0.1) is 0 Å². The van der Waals surface area contributed by atoms with Gasteiger partial charge in [0, 0.05) is 29.4 Å². The number of benzene rings is 2. The standard InChI is InChI=1S/C23H22N4O5S/c1-12-11-13(27(31)32)7-8-17(12)26-20(28)18-16(9-10-33-2)25-23(19(18)21(26)29)14-5-3-4-6-15(14)24-22(23)30/h3-8,11,16,18-19,25H,9-10H2,1-2H3,(H,24,30)/t16-,18+,19+,23-/m0/s1. The van der Waals surface area contributed by atoms with Crippen molar-refractivity contribution in [3.05, 3.63) is 63.7 Å². The fourth-order valence-corrected chi connectivity index (χ4v) is 5.98. The number of imide groups is 1. The molecule has 2 fully saturated rings. The third-order valence-corrected chi connectivity index (χ3v) is 7.53. The minimum atomic E-state index is -1.33. The lowest BCUT2D eigenvalue weighted by atomic mass is 9.76. The van der Waals surface area contributed by atoms with Crippen LogP contribution in [0.15, 0.2) is 42.5 Å². The number of carbonyl (C=O) groups is 3. The molecule has 4 atom stereocenters. The minimum absolute atomic E-state index is 0.115. The highest BCUT2D eigenvalue weighted by molar-refractivity contribution is 7.98. The molecule has 170 valence electrons. The molecule has 1 spiro atoms. The van der Waals surface area contributed by atoms with Gasteiger partial charge in [0.1, 0.15) is 5.54 Å². The zero-order valence-electron chi connectivity index (χ0n) is 18.0. The largest absolute Gasteiger partial charge is 0.324 e. The van der Waals surface area contributed by atoms with Gasteiger partial charge in [-0.1, -0.05) is 18.2 Å². The molecule has 33 heavy (non-hydrogen) atoms. The van der Waals surface area contributed by atoms with Crippen molar-refractivity contribution in [2.45, 2.75) is 24.9 Å². The van der Waals surface area contributed by atoms with E-state index < -0.39 is 28.2 Å². The summed E-state index contributed by atoms with van der Waals surface area (Å²) in [4.78, 5) is 52.7. The number of rotatable bonds is 5. The van der Waals surface area contributed by atoms with Crippen molar-refractivity contribution in [2.24, 2.45) is 11.8 Å². The van der Waals surface area contributed by atoms with Crippen molar-refractivity contribution < 1.29 is 19.3 Å². The molecule has 0 unspecified atom stereocenters. The molecule has 2 saturated heterocycles. The molecule has 9 nitrogen and oxygen atoms in total.